The third-order valence-electron chi connectivity index (χ3n) is 3.17. The van der Waals surface area contributed by atoms with E-state index in [0.717, 1.165) is 6.07 Å². The van der Waals surface area contributed by atoms with Gasteiger partial charge in [0.1, 0.15) is 11.6 Å². The number of nitrogens with one attached hydrogen (secondary N) is 3. The summed E-state index contributed by atoms with van der Waals surface area (Å²) < 4.78 is 13.1. The number of aromatic amines is 1. The van der Waals surface area contributed by atoms with Crippen molar-refractivity contribution in [2.24, 2.45) is 0 Å². The van der Waals surface area contributed by atoms with Gasteiger partial charge in [-0.05, 0) is 31.5 Å². The summed E-state index contributed by atoms with van der Waals surface area (Å²) in [5.41, 5.74) is 0.162. The van der Waals surface area contributed by atoms with E-state index in [4.69, 9.17) is 0 Å². The molecule has 2 amide bonds. The number of H-pyrrole nitrogens is 1. The Balaban J connectivity index is 1.88. The molecule has 0 radical (unpaired) electrons. The van der Waals surface area contributed by atoms with E-state index < -0.39 is 11.7 Å². The van der Waals surface area contributed by atoms with Crippen molar-refractivity contribution in [1.82, 2.24) is 25.8 Å². The molecule has 1 aromatic heterocycles. The second kappa shape index (κ2) is 7.48. The highest BCUT2D eigenvalue weighted by Crippen LogP contribution is 2.11. The number of nitrogens with zero attached hydrogens (tertiary/aromatic N) is 2. The predicted octanol–water partition coefficient (Wildman–Crippen LogP) is 1.25. The molecular weight excluding hydrogens is 301 g/mol. The Morgan fingerprint density at radius 2 is 2.17 bits per heavy atom. The van der Waals surface area contributed by atoms with Crippen molar-refractivity contribution in [1.29, 1.82) is 0 Å². The van der Waals surface area contributed by atoms with Crippen molar-refractivity contribution >= 4 is 11.8 Å². The zero-order chi connectivity index (χ0) is 16.8. The maximum Gasteiger partial charge on any atom is 0.251 e. The van der Waals surface area contributed by atoms with Crippen molar-refractivity contribution in [2.45, 2.75) is 26.3 Å². The lowest BCUT2D eigenvalue weighted by Crippen LogP contribution is -2.38. The first-order valence-electron chi connectivity index (χ1n) is 7.21. The molecule has 122 valence electrons. The molecule has 23 heavy (non-hydrogen) atoms. The van der Waals surface area contributed by atoms with Crippen LogP contribution in [0.3, 0.4) is 0 Å². The monoisotopic (exact) mass is 319 g/mol. The summed E-state index contributed by atoms with van der Waals surface area (Å²) >= 11 is 0. The standard InChI is InChI=1S/C15H18FN5O2/c1-3-12(14-18-9(2)20-21-14)19-13(22)8-17-15(23)10-5-4-6-11(16)7-10/h4-7,12H,3,8H2,1-2H3,(H,17,23)(H,19,22)(H,18,20,21)/t12-/m0/s1. The first kappa shape index (κ1) is 16.6. The number of carbonyl (C=O) groups excluding carboxylic acids is 2. The minimum atomic E-state index is -0.513. The number of aromatic nitrogens is 3. The molecule has 0 aliphatic carbocycles. The summed E-state index contributed by atoms with van der Waals surface area (Å²) in [4.78, 5) is 27.9. The summed E-state index contributed by atoms with van der Waals surface area (Å²) in [6.45, 7) is 3.45. The summed E-state index contributed by atoms with van der Waals surface area (Å²) in [6, 6.07) is 4.93. The zero-order valence-corrected chi connectivity index (χ0v) is 12.9. The van der Waals surface area contributed by atoms with Gasteiger partial charge in [-0.1, -0.05) is 13.0 Å². The summed E-state index contributed by atoms with van der Waals surface area (Å²) in [5.74, 6) is -0.236. The highest BCUT2D eigenvalue weighted by Gasteiger charge is 2.17. The molecule has 1 heterocycles. The Morgan fingerprint density at radius 3 is 2.78 bits per heavy atom. The lowest BCUT2D eigenvalue weighted by molar-refractivity contribution is -0.121. The van der Waals surface area contributed by atoms with Gasteiger partial charge < -0.3 is 10.6 Å². The van der Waals surface area contributed by atoms with E-state index in [2.05, 4.69) is 25.8 Å². The van der Waals surface area contributed by atoms with Crippen molar-refractivity contribution in [3.63, 3.8) is 0 Å². The van der Waals surface area contributed by atoms with E-state index in [1.807, 2.05) is 6.92 Å². The van der Waals surface area contributed by atoms with Crippen LogP contribution in [0.4, 0.5) is 4.39 Å². The van der Waals surface area contributed by atoms with Crippen LogP contribution in [-0.2, 0) is 4.79 Å². The molecule has 0 saturated carbocycles. The fraction of sp³-hybridized carbons (Fsp3) is 0.333. The normalized spacial score (nSPS) is 11.8. The number of aryl methyl sites for hydroxylation is 1. The van der Waals surface area contributed by atoms with Crippen LogP contribution < -0.4 is 10.6 Å². The molecule has 0 saturated heterocycles. The van der Waals surface area contributed by atoms with Crippen molar-refractivity contribution in [3.05, 3.63) is 47.3 Å². The number of hydrogen-bond acceptors (Lipinski definition) is 4. The summed E-state index contributed by atoms with van der Waals surface area (Å²) in [6.07, 6.45) is 0.612. The van der Waals surface area contributed by atoms with Crippen LogP contribution in [0.5, 0.6) is 0 Å². The van der Waals surface area contributed by atoms with Gasteiger partial charge in [0.2, 0.25) is 5.91 Å². The topological polar surface area (TPSA) is 99.8 Å². The molecular formula is C15H18FN5O2. The minimum absolute atomic E-state index is 0.162. The number of benzene rings is 1. The SMILES string of the molecule is CC[C@H](NC(=O)CNC(=O)c1cccc(F)c1)c1n[nH]c(C)n1. The van der Waals surface area contributed by atoms with E-state index in [1.165, 1.54) is 18.2 Å². The molecule has 0 spiro atoms. The van der Waals surface area contributed by atoms with Crippen LogP contribution in [0.15, 0.2) is 24.3 Å². The van der Waals surface area contributed by atoms with Gasteiger partial charge in [0, 0.05) is 5.56 Å². The highest BCUT2D eigenvalue weighted by molar-refractivity contribution is 5.96. The Hall–Kier alpha value is -2.77. The van der Waals surface area contributed by atoms with Crippen LogP contribution in [0.25, 0.3) is 0 Å². The van der Waals surface area contributed by atoms with Gasteiger partial charge in [-0.3, -0.25) is 14.7 Å². The van der Waals surface area contributed by atoms with Gasteiger partial charge >= 0.3 is 0 Å². The lowest BCUT2D eigenvalue weighted by Gasteiger charge is -2.14. The quantitative estimate of drug-likeness (QED) is 0.746. The molecule has 0 unspecified atom stereocenters. The first-order valence-corrected chi connectivity index (χ1v) is 7.21. The molecule has 1 atom stereocenters. The van der Waals surface area contributed by atoms with Crippen LogP contribution in [-0.4, -0.2) is 33.5 Å². The molecule has 2 rings (SSSR count). The number of halogens is 1. The van der Waals surface area contributed by atoms with Crippen LogP contribution >= 0.6 is 0 Å². The number of rotatable bonds is 6. The summed E-state index contributed by atoms with van der Waals surface area (Å²) in [7, 11) is 0. The van der Waals surface area contributed by atoms with Gasteiger partial charge in [-0.25, -0.2) is 9.37 Å². The highest BCUT2D eigenvalue weighted by atomic mass is 19.1. The average molecular weight is 319 g/mol. The number of carbonyl (C=O) groups is 2. The smallest absolute Gasteiger partial charge is 0.251 e. The maximum absolute atomic E-state index is 13.1. The van der Waals surface area contributed by atoms with Gasteiger partial charge in [0.15, 0.2) is 5.82 Å². The van der Waals surface area contributed by atoms with Crippen molar-refractivity contribution in [3.8, 4) is 0 Å². The molecule has 7 nitrogen and oxygen atoms in total. The summed E-state index contributed by atoms with van der Waals surface area (Å²) in [5, 5.41) is 11.9. The molecule has 0 aliphatic heterocycles. The van der Waals surface area contributed by atoms with E-state index in [-0.39, 0.29) is 24.1 Å². The van der Waals surface area contributed by atoms with Crippen LogP contribution in [0.2, 0.25) is 0 Å². The molecule has 1 aromatic carbocycles. The van der Waals surface area contributed by atoms with Crippen molar-refractivity contribution in [2.75, 3.05) is 6.54 Å². The molecule has 0 bridgehead atoms. The van der Waals surface area contributed by atoms with Gasteiger partial charge in [-0.2, -0.15) is 5.10 Å². The third-order valence-corrected chi connectivity index (χ3v) is 3.17. The maximum atomic E-state index is 13.1. The van der Waals surface area contributed by atoms with Gasteiger partial charge in [0.05, 0.1) is 12.6 Å². The fourth-order valence-corrected chi connectivity index (χ4v) is 2.00. The molecule has 2 aromatic rings. The minimum Gasteiger partial charge on any atom is -0.344 e. The first-order chi connectivity index (χ1) is 11.0. The third kappa shape index (κ3) is 4.60. The number of amides is 2. The van der Waals surface area contributed by atoms with E-state index in [9.17, 15) is 14.0 Å². The largest absolute Gasteiger partial charge is 0.344 e. The Labute approximate surface area is 132 Å². The zero-order valence-electron chi connectivity index (χ0n) is 12.9. The van der Waals surface area contributed by atoms with Crippen molar-refractivity contribution < 1.29 is 14.0 Å². The average Bonchev–Trinajstić information content (AvgIpc) is 2.96. The van der Waals surface area contributed by atoms with Gasteiger partial charge in [-0.15, -0.1) is 0 Å². The lowest BCUT2D eigenvalue weighted by atomic mass is 10.2. The fourth-order valence-electron chi connectivity index (χ4n) is 2.00. The Morgan fingerprint density at radius 1 is 1.39 bits per heavy atom. The Kier molecular flexibility index (Phi) is 5.40. The number of hydrogen-bond donors (Lipinski definition) is 3. The van der Waals surface area contributed by atoms with E-state index in [0.29, 0.717) is 18.1 Å². The Bertz CT molecular complexity index is 701. The van der Waals surface area contributed by atoms with E-state index >= 15 is 0 Å². The predicted molar refractivity (Wildman–Crippen MR) is 81.0 cm³/mol. The second-order valence-electron chi connectivity index (χ2n) is 5.00. The second-order valence-corrected chi connectivity index (χ2v) is 5.00. The molecule has 0 aliphatic rings. The van der Waals surface area contributed by atoms with Crippen LogP contribution in [0.1, 0.15) is 41.4 Å². The molecule has 8 heteroatoms. The van der Waals surface area contributed by atoms with Crippen LogP contribution in [0, 0.1) is 12.7 Å². The molecule has 0 fully saturated rings. The molecule has 3 N–H and O–H groups in total. The van der Waals surface area contributed by atoms with Gasteiger partial charge in [0.25, 0.3) is 5.91 Å². The van der Waals surface area contributed by atoms with E-state index in [1.54, 1.807) is 6.92 Å².